The maximum Gasteiger partial charge on any atom is 0.308 e. The number of allylic oxidation sites excluding steroid dienone is 5. The summed E-state index contributed by atoms with van der Waals surface area (Å²) in [6, 6.07) is 0. The van der Waals surface area contributed by atoms with E-state index >= 15 is 0 Å². The van der Waals surface area contributed by atoms with E-state index in [-0.39, 0.29) is 11.4 Å². The van der Waals surface area contributed by atoms with Crippen LogP contribution in [0.15, 0.2) is 35.1 Å². The van der Waals surface area contributed by atoms with Gasteiger partial charge >= 0.3 is 5.97 Å². The van der Waals surface area contributed by atoms with Gasteiger partial charge in [-0.3, -0.25) is 4.79 Å². The zero-order valence-corrected chi connectivity index (χ0v) is 11.5. The molecule has 0 radical (unpaired) electrons. The van der Waals surface area contributed by atoms with E-state index in [1.54, 1.807) is 0 Å². The van der Waals surface area contributed by atoms with Gasteiger partial charge in [0.15, 0.2) is 0 Å². The lowest BCUT2D eigenvalue weighted by molar-refractivity contribution is -0.136. The van der Waals surface area contributed by atoms with Gasteiger partial charge in [0.1, 0.15) is 5.76 Å². The summed E-state index contributed by atoms with van der Waals surface area (Å²) >= 11 is 0. The highest BCUT2D eigenvalue weighted by atomic mass is 16.5. The Hall–Kier alpha value is -1.31. The first-order valence-corrected chi connectivity index (χ1v) is 6.11. The maximum absolute atomic E-state index is 11.0. The van der Waals surface area contributed by atoms with Crippen molar-refractivity contribution in [3.8, 4) is 0 Å². The van der Waals surface area contributed by atoms with Crippen LogP contribution >= 0.6 is 0 Å². The van der Waals surface area contributed by atoms with Gasteiger partial charge in [-0.25, -0.2) is 0 Å². The molecule has 0 bridgehead atoms. The fourth-order valence-electron chi connectivity index (χ4n) is 2.22. The summed E-state index contributed by atoms with van der Waals surface area (Å²) in [6.07, 6.45) is 8.32. The molecule has 0 aromatic rings. The molecule has 0 fully saturated rings. The summed E-state index contributed by atoms with van der Waals surface area (Å²) in [5.74, 6) is 0.362. The van der Waals surface area contributed by atoms with Gasteiger partial charge in [0.2, 0.25) is 0 Å². The zero-order chi connectivity index (χ0) is 13.1. The van der Waals surface area contributed by atoms with E-state index in [0.29, 0.717) is 5.76 Å². The molecule has 1 aliphatic rings. The Bertz CT molecular complexity index is 395. The predicted molar refractivity (Wildman–Crippen MR) is 70.4 cm³/mol. The Morgan fingerprint density at radius 3 is 2.59 bits per heavy atom. The third-order valence-corrected chi connectivity index (χ3v) is 3.21. The molecule has 0 unspecified atom stereocenters. The van der Waals surface area contributed by atoms with E-state index < -0.39 is 0 Å². The summed E-state index contributed by atoms with van der Waals surface area (Å²) < 4.78 is 5.16. The lowest BCUT2D eigenvalue weighted by atomic mass is 9.73. The number of carbonyl (C=O) groups is 1. The van der Waals surface area contributed by atoms with Crippen LogP contribution in [-0.2, 0) is 9.53 Å². The molecule has 0 amide bonds. The fourth-order valence-corrected chi connectivity index (χ4v) is 2.22. The van der Waals surface area contributed by atoms with E-state index in [4.69, 9.17) is 4.74 Å². The minimum atomic E-state index is -0.273. The molecule has 0 aromatic heterocycles. The second kappa shape index (κ2) is 5.35. The molecule has 0 spiro atoms. The lowest BCUT2D eigenvalue weighted by Gasteiger charge is -2.32. The number of carbonyl (C=O) groups excluding carboxylic acids is 1. The molecule has 0 saturated heterocycles. The highest BCUT2D eigenvalue weighted by molar-refractivity contribution is 5.68. The Balaban J connectivity index is 3.06. The van der Waals surface area contributed by atoms with Gasteiger partial charge < -0.3 is 4.74 Å². The smallest absolute Gasteiger partial charge is 0.308 e. The van der Waals surface area contributed by atoms with Crippen molar-refractivity contribution < 1.29 is 9.53 Å². The Morgan fingerprint density at radius 1 is 1.47 bits per heavy atom. The summed E-state index contributed by atoms with van der Waals surface area (Å²) in [5, 5.41) is 0. The molecule has 17 heavy (non-hydrogen) atoms. The highest BCUT2D eigenvalue weighted by Gasteiger charge is 2.27. The van der Waals surface area contributed by atoms with Crippen molar-refractivity contribution in [2.24, 2.45) is 5.41 Å². The quantitative estimate of drug-likeness (QED) is 0.530. The summed E-state index contributed by atoms with van der Waals surface area (Å²) in [6.45, 7) is 9.89. The molecule has 2 nitrogen and oxygen atoms in total. The molecule has 0 N–H and O–H groups in total. The number of hydrogen-bond acceptors (Lipinski definition) is 2. The Morgan fingerprint density at radius 2 is 2.12 bits per heavy atom. The van der Waals surface area contributed by atoms with Crippen LogP contribution in [0, 0.1) is 5.41 Å². The van der Waals surface area contributed by atoms with Crippen LogP contribution in [0.1, 0.15) is 47.5 Å². The van der Waals surface area contributed by atoms with Gasteiger partial charge in [-0.05, 0) is 49.8 Å². The second-order valence-corrected chi connectivity index (χ2v) is 5.15. The molecule has 2 heteroatoms. The van der Waals surface area contributed by atoms with Crippen LogP contribution < -0.4 is 0 Å². The maximum atomic E-state index is 11.0. The van der Waals surface area contributed by atoms with Gasteiger partial charge in [-0.15, -0.1) is 0 Å². The largest absolute Gasteiger partial charge is 0.427 e. The monoisotopic (exact) mass is 234 g/mol. The molecule has 0 saturated carbocycles. The van der Waals surface area contributed by atoms with Gasteiger partial charge in [0, 0.05) is 6.92 Å². The predicted octanol–water partition coefficient (Wildman–Crippen LogP) is 4.15. The normalized spacial score (nSPS) is 22.3. The Labute approximate surface area is 104 Å². The average molecular weight is 234 g/mol. The molecule has 0 atom stereocenters. The standard InChI is InChI=1S/C15H22O2/c1-6-13(17-12(3)16)10-14-11(2)8-7-9-15(14,4)5/h6,8,10H,7,9H2,1-5H3. The van der Waals surface area contributed by atoms with Crippen molar-refractivity contribution >= 4 is 5.97 Å². The van der Waals surface area contributed by atoms with E-state index in [0.717, 1.165) is 12.8 Å². The van der Waals surface area contributed by atoms with Crippen LogP contribution in [0.25, 0.3) is 0 Å². The first-order valence-electron chi connectivity index (χ1n) is 6.11. The second-order valence-electron chi connectivity index (χ2n) is 5.15. The van der Waals surface area contributed by atoms with Crippen molar-refractivity contribution in [1.82, 2.24) is 0 Å². The lowest BCUT2D eigenvalue weighted by Crippen LogP contribution is -2.19. The van der Waals surface area contributed by atoms with E-state index in [2.05, 4.69) is 26.8 Å². The van der Waals surface area contributed by atoms with Crippen LogP contribution in [0.2, 0.25) is 0 Å². The van der Waals surface area contributed by atoms with Gasteiger partial charge in [0.05, 0.1) is 0 Å². The molecule has 1 aliphatic carbocycles. The summed E-state index contributed by atoms with van der Waals surface area (Å²) in [4.78, 5) is 11.0. The minimum absolute atomic E-state index is 0.146. The number of ether oxygens (including phenoxy) is 1. The van der Waals surface area contributed by atoms with Crippen LogP contribution in [-0.4, -0.2) is 5.97 Å². The van der Waals surface area contributed by atoms with Crippen LogP contribution in [0.4, 0.5) is 0 Å². The molecule has 1 rings (SSSR count). The third-order valence-electron chi connectivity index (χ3n) is 3.21. The fraction of sp³-hybridized carbons (Fsp3) is 0.533. The average Bonchev–Trinajstić information content (AvgIpc) is 2.21. The van der Waals surface area contributed by atoms with Crippen molar-refractivity contribution in [3.05, 3.63) is 35.1 Å². The summed E-state index contributed by atoms with van der Waals surface area (Å²) in [7, 11) is 0. The first-order chi connectivity index (χ1) is 7.86. The Kier molecular flexibility index (Phi) is 4.33. The SMILES string of the molecule is CC=C(C=C1C(C)=CCCC1(C)C)OC(C)=O. The molecular weight excluding hydrogens is 212 g/mol. The van der Waals surface area contributed by atoms with Gasteiger partial charge in [-0.2, -0.15) is 0 Å². The third kappa shape index (κ3) is 3.58. The van der Waals surface area contributed by atoms with Crippen LogP contribution in [0.3, 0.4) is 0 Å². The number of esters is 1. The number of rotatable bonds is 2. The molecule has 0 aliphatic heterocycles. The van der Waals surface area contributed by atoms with Crippen molar-refractivity contribution in [3.63, 3.8) is 0 Å². The first kappa shape index (κ1) is 13.8. The van der Waals surface area contributed by atoms with E-state index in [9.17, 15) is 4.79 Å². The zero-order valence-electron chi connectivity index (χ0n) is 11.5. The van der Waals surface area contributed by atoms with Crippen molar-refractivity contribution in [2.45, 2.75) is 47.5 Å². The molecule has 0 aromatic carbocycles. The molecule has 94 valence electrons. The van der Waals surface area contributed by atoms with E-state index in [1.165, 1.54) is 18.1 Å². The minimum Gasteiger partial charge on any atom is -0.427 e. The van der Waals surface area contributed by atoms with Gasteiger partial charge in [-0.1, -0.05) is 25.5 Å². The van der Waals surface area contributed by atoms with Gasteiger partial charge in [0.25, 0.3) is 0 Å². The van der Waals surface area contributed by atoms with Crippen molar-refractivity contribution in [1.29, 1.82) is 0 Å². The highest BCUT2D eigenvalue weighted by Crippen LogP contribution is 2.40. The number of hydrogen-bond donors (Lipinski definition) is 0. The topological polar surface area (TPSA) is 26.3 Å². The van der Waals surface area contributed by atoms with Crippen LogP contribution in [0.5, 0.6) is 0 Å². The summed E-state index contributed by atoms with van der Waals surface area (Å²) in [5.41, 5.74) is 2.69. The van der Waals surface area contributed by atoms with E-state index in [1.807, 2.05) is 19.1 Å². The van der Waals surface area contributed by atoms with Crippen molar-refractivity contribution in [2.75, 3.05) is 0 Å². The molecule has 0 heterocycles. The molecular formula is C15H22O2.